The minimum atomic E-state index is 0.743. The van der Waals surface area contributed by atoms with Gasteiger partial charge in [-0.05, 0) is 19.9 Å². The number of H-pyrrole nitrogens is 1. The highest BCUT2D eigenvalue weighted by Crippen LogP contribution is 2.08. The summed E-state index contributed by atoms with van der Waals surface area (Å²) in [5.74, 6) is 0. The molecule has 2 aromatic rings. The zero-order chi connectivity index (χ0) is 11.4. The third-order valence-electron chi connectivity index (χ3n) is 2.53. The van der Waals surface area contributed by atoms with Crippen molar-refractivity contribution in [1.29, 1.82) is 0 Å². The number of aromatic amines is 1. The number of hydrogen-bond donors (Lipinski definition) is 2. The predicted octanol–water partition coefficient (Wildman–Crippen LogP) is 1.11. The zero-order valence-electron chi connectivity index (χ0n) is 9.49. The van der Waals surface area contributed by atoms with Crippen molar-refractivity contribution in [3.8, 4) is 0 Å². The Balaban J connectivity index is 1.89. The number of aromatic nitrogens is 4. The average Bonchev–Trinajstić information content (AvgIpc) is 2.62. The number of nitrogens with one attached hydrogen (secondary N) is 2. The molecule has 2 aromatic heterocycles. The Kier molecular flexibility index (Phi) is 3.26. The van der Waals surface area contributed by atoms with Crippen LogP contribution < -0.4 is 5.32 Å². The Morgan fingerprint density at radius 2 is 2.19 bits per heavy atom. The van der Waals surface area contributed by atoms with E-state index in [1.54, 1.807) is 12.5 Å². The number of aryl methyl sites for hydroxylation is 2. The molecule has 0 atom stereocenters. The van der Waals surface area contributed by atoms with Gasteiger partial charge in [-0.1, -0.05) is 0 Å². The summed E-state index contributed by atoms with van der Waals surface area (Å²) in [7, 11) is 0. The molecular weight excluding hydrogens is 202 g/mol. The van der Waals surface area contributed by atoms with Gasteiger partial charge in [0.15, 0.2) is 0 Å². The van der Waals surface area contributed by atoms with Crippen LogP contribution in [0.5, 0.6) is 0 Å². The maximum absolute atomic E-state index is 4.15. The van der Waals surface area contributed by atoms with Crippen LogP contribution in [0.2, 0.25) is 0 Å². The van der Waals surface area contributed by atoms with Crippen LogP contribution in [0.1, 0.15) is 22.6 Å². The Labute approximate surface area is 94.3 Å². The molecule has 2 rings (SSSR count). The molecule has 0 amide bonds. The van der Waals surface area contributed by atoms with E-state index < -0.39 is 0 Å². The van der Waals surface area contributed by atoms with Crippen LogP contribution >= 0.6 is 0 Å². The van der Waals surface area contributed by atoms with E-state index in [1.165, 1.54) is 5.56 Å². The van der Waals surface area contributed by atoms with E-state index in [0.29, 0.717) is 0 Å². The van der Waals surface area contributed by atoms with Gasteiger partial charge in [0.2, 0.25) is 0 Å². The van der Waals surface area contributed by atoms with Crippen molar-refractivity contribution in [3.63, 3.8) is 0 Å². The van der Waals surface area contributed by atoms with Crippen molar-refractivity contribution < 1.29 is 0 Å². The van der Waals surface area contributed by atoms with Gasteiger partial charge in [0.25, 0.3) is 0 Å². The normalized spacial score (nSPS) is 10.6. The number of nitrogens with zero attached hydrogens (tertiary/aromatic N) is 3. The second-order valence-electron chi connectivity index (χ2n) is 3.72. The van der Waals surface area contributed by atoms with Gasteiger partial charge in [-0.25, -0.2) is 9.97 Å². The van der Waals surface area contributed by atoms with E-state index in [-0.39, 0.29) is 0 Å². The first-order chi connectivity index (χ1) is 7.77. The quantitative estimate of drug-likeness (QED) is 0.805. The fourth-order valence-corrected chi connectivity index (χ4v) is 1.57. The Hall–Kier alpha value is -1.75. The molecule has 5 nitrogen and oxygen atoms in total. The molecule has 5 heteroatoms. The van der Waals surface area contributed by atoms with Gasteiger partial charge in [-0.3, -0.25) is 5.10 Å². The largest absolute Gasteiger partial charge is 0.307 e. The molecule has 0 aliphatic rings. The Bertz CT molecular complexity index is 429. The van der Waals surface area contributed by atoms with Crippen LogP contribution in [0.15, 0.2) is 18.6 Å². The second kappa shape index (κ2) is 4.85. The molecule has 0 aliphatic carbocycles. The molecule has 0 saturated heterocycles. The van der Waals surface area contributed by atoms with Crippen LogP contribution in [0.3, 0.4) is 0 Å². The molecule has 0 spiro atoms. The van der Waals surface area contributed by atoms with Gasteiger partial charge in [0.05, 0.1) is 11.4 Å². The summed E-state index contributed by atoms with van der Waals surface area (Å²) in [6.07, 6.45) is 3.31. The lowest BCUT2D eigenvalue weighted by atomic mass is 10.2. The second-order valence-corrected chi connectivity index (χ2v) is 3.72. The molecule has 0 bridgehead atoms. The predicted molar refractivity (Wildman–Crippen MR) is 60.6 cm³/mol. The van der Waals surface area contributed by atoms with Gasteiger partial charge in [-0.15, -0.1) is 0 Å². The summed E-state index contributed by atoms with van der Waals surface area (Å²) < 4.78 is 0. The van der Waals surface area contributed by atoms with Crippen molar-refractivity contribution in [1.82, 2.24) is 25.5 Å². The van der Waals surface area contributed by atoms with Crippen molar-refractivity contribution in [3.05, 3.63) is 41.2 Å². The Morgan fingerprint density at radius 1 is 1.31 bits per heavy atom. The summed E-state index contributed by atoms with van der Waals surface area (Å²) in [5.41, 5.74) is 4.39. The van der Waals surface area contributed by atoms with E-state index >= 15 is 0 Å². The average molecular weight is 217 g/mol. The Morgan fingerprint density at radius 3 is 2.81 bits per heavy atom. The highest BCUT2D eigenvalue weighted by atomic mass is 15.1. The van der Waals surface area contributed by atoms with Gasteiger partial charge in [0.1, 0.15) is 6.33 Å². The zero-order valence-corrected chi connectivity index (χ0v) is 9.49. The molecule has 0 aromatic carbocycles. The molecule has 0 unspecified atom stereocenters. The first kappa shape index (κ1) is 10.8. The maximum atomic E-state index is 4.15. The number of rotatable bonds is 4. The van der Waals surface area contributed by atoms with Crippen LogP contribution in [-0.2, 0) is 13.1 Å². The highest BCUT2D eigenvalue weighted by molar-refractivity contribution is 5.22. The minimum absolute atomic E-state index is 0.743. The molecule has 0 saturated carbocycles. The lowest BCUT2D eigenvalue weighted by Gasteiger charge is -2.04. The van der Waals surface area contributed by atoms with E-state index in [4.69, 9.17) is 0 Å². The van der Waals surface area contributed by atoms with Crippen LogP contribution in [0, 0.1) is 13.8 Å². The highest BCUT2D eigenvalue weighted by Gasteiger charge is 2.05. The lowest BCUT2D eigenvalue weighted by Crippen LogP contribution is -2.14. The maximum Gasteiger partial charge on any atom is 0.115 e. The fourth-order valence-electron chi connectivity index (χ4n) is 1.57. The molecule has 0 aliphatic heterocycles. The van der Waals surface area contributed by atoms with E-state index in [1.807, 2.05) is 19.9 Å². The van der Waals surface area contributed by atoms with E-state index in [0.717, 1.165) is 30.2 Å². The lowest BCUT2D eigenvalue weighted by molar-refractivity contribution is 0.673. The first-order valence-corrected chi connectivity index (χ1v) is 5.23. The summed E-state index contributed by atoms with van der Waals surface area (Å²) in [4.78, 5) is 8.02. The molecule has 0 fully saturated rings. The summed E-state index contributed by atoms with van der Waals surface area (Å²) in [6.45, 7) is 5.58. The third-order valence-corrected chi connectivity index (χ3v) is 2.53. The molecule has 84 valence electrons. The topological polar surface area (TPSA) is 66.5 Å². The smallest absolute Gasteiger partial charge is 0.115 e. The van der Waals surface area contributed by atoms with E-state index in [9.17, 15) is 0 Å². The molecule has 0 radical (unpaired) electrons. The summed E-state index contributed by atoms with van der Waals surface area (Å²) >= 11 is 0. The van der Waals surface area contributed by atoms with Gasteiger partial charge in [0, 0.05) is 30.5 Å². The summed E-state index contributed by atoms with van der Waals surface area (Å²) in [6, 6.07) is 1.90. The van der Waals surface area contributed by atoms with Crippen molar-refractivity contribution in [2.24, 2.45) is 0 Å². The van der Waals surface area contributed by atoms with Crippen molar-refractivity contribution >= 4 is 0 Å². The first-order valence-electron chi connectivity index (χ1n) is 5.23. The third kappa shape index (κ3) is 2.43. The molecule has 2 heterocycles. The minimum Gasteiger partial charge on any atom is -0.307 e. The van der Waals surface area contributed by atoms with Gasteiger partial charge in [-0.2, -0.15) is 5.10 Å². The standard InChI is InChI=1S/C11H15N5/c1-8-11(9(2)16-15-8)6-13-5-10-3-4-12-7-14-10/h3-4,7,13H,5-6H2,1-2H3,(H,15,16). The van der Waals surface area contributed by atoms with E-state index in [2.05, 4.69) is 25.5 Å². The van der Waals surface area contributed by atoms with Crippen LogP contribution in [0.25, 0.3) is 0 Å². The van der Waals surface area contributed by atoms with Crippen LogP contribution in [-0.4, -0.2) is 20.2 Å². The molecule has 16 heavy (non-hydrogen) atoms. The SMILES string of the molecule is Cc1n[nH]c(C)c1CNCc1ccncn1. The monoisotopic (exact) mass is 217 g/mol. The van der Waals surface area contributed by atoms with Crippen molar-refractivity contribution in [2.45, 2.75) is 26.9 Å². The number of hydrogen-bond acceptors (Lipinski definition) is 4. The van der Waals surface area contributed by atoms with Crippen LogP contribution in [0.4, 0.5) is 0 Å². The summed E-state index contributed by atoms with van der Waals surface area (Å²) in [5, 5.41) is 10.5. The van der Waals surface area contributed by atoms with Gasteiger partial charge < -0.3 is 5.32 Å². The van der Waals surface area contributed by atoms with Crippen molar-refractivity contribution in [2.75, 3.05) is 0 Å². The van der Waals surface area contributed by atoms with Gasteiger partial charge >= 0.3 is 0 Å². The molecular formula is C11H15N5. The molecule has 2 N–H and O–H groups in total. The fraction of sp³-hybridized carbons (Fsp3) is 0.364.